The summed E-state index contributed by atoms with van der Waals surface area (Å²) >= 11 is 0. The van der Waals surface area contributed by atoms with Gasteiger partial charge in [0, 0.05) is 19.3 Å². The Labute approximate surface area is 105 Å². The first-order valence-electron chi connectivity index (χ1n) is 6.10. The molecule has 0 radical (unpaired) electrons. The molecular weight excluding hydrogens is 236 g/mol. The summed E-state index contributed by atoms with van der Waals surface area (Å²) in [7, 11) is 0. The smallest absolute Gasteiger partial charge is 0.242 e. The first-order chi connectivity index (χ1) is 8.65. The highest BCUT2D eigenvalue weighted by molar-refractivity contribution is 5.75. The summed E-state index contributed by atoms with van der Waals surface area (Å²) in [5.41, 5.74) is 0.467. The average Bonchev–Trinajstić information content (AvgIpc) is 2.78. The highest BCUT2D eigenvalue weighted by Crippen LogP contribution is 2.07. The second kappa shape index (κ2) is 5.92. The molecule has 1 saturated heterocycles. The van der Waals surface area contributed by atoms with E-state index in [4.69, 9.17) is 4.74 Å². The van der Waals surface area contributed by atoms with E-state index in [2.05, 4.69) is 15.6 Å². The van der Waals surface area contributed by atoms with Gasteiger partial charge in [0.2, 0.25) is 5.91 Å². The number of amides is 1. The summed E-state index contributed by atoms with van der Waals surface area (Å²) in [5.74, 6) is -0.0936. The number of nitrogens with zero attached hydrogens (tertiary/aromatic N) is 3. The highest BCUT2D eigenvalue weighted by atomic mass is 16.5. The van der Waals surface area contributed by atoms with Crippen LogP contribution in [0.15, 0.2) is 6.20 Å². The van der Waals surface area contributed by atoms with E-state index in [1.54, 1.807) is 13.1 Å². The Bertz CT molecular complexity index is 399. The molecule has 0 aliphatic carbocycles. The Morgan fingerprint density at radius 1 is 1.67 bits per heavy atom. The van der Waals surface area contributed by atoms with Gasteiger partial charge in [0.05, 0.1) is 12.3 Å². The first kappa shape index (κ1) is 13.0. The van der Waals surface area contributed by atoms with Crippen LogP contribution in [-0.4, -0.2) is 45.3 Å². The third kappa shape index (κ3) is 3.51. The summed E-state index contributed by atoms with van der Waals surface area (Å²) in [6.45, 7) is 3.12. The van der Waals surface area contributed by atoms with Gasteiger partial charge >= 0.3 is 0 Å². The number of hydrogen-bond donors (Lipinski definition) is 2. The molecule has 1 aromatic rings. The monoisotopic (exact) mass is 254 g/mol. The van der Waals surface area contributed by atoms with Crippen LogP contribution in [0.1, 0.15) is 31.6 Å². The van der Waals surface area contributed by atoms with Crippen LogP contribution < -0.4 is 5.32 Å². The third-order valence-corrected chi connectivity index (χ3v) is 2.88. The Morgan fingerprint density at radius 3 is 3.00 bits per heavy atom. The Morgan fingerprint density at radius 2 is 2.39 bits per heavy atom. The normalized spacial score (nSPS) is 18.6. The number of hydrogen-bond acceptors (Lipinski definition) is 5. The second-order valence-corrected chi connectivity index (χ2v) is 4.47. The summed E-state index contributed by atoms with van der Waals surface area (Å²) in [6.07, 6.45) is 2.61. The predicted octanol–water partition coefficient (Wildman–Crippen LogP) is -0.373. The van der Waals surface area contributed by atoms with E-state index in [1.807, 2.05) is 0 Å². The van der Waals surface area contributed by atoms with Crippen molar-refractivity contribution in [3.05, 3.63) is 11.9 Å². The number of carbonyl (C=O) groups excluding carboxylic acids is 1. The van der Waals surface area contributed by atoms with Crippen LogP contribution in [0.4, 0.5) is 0 Å². The number of aromatic nitrogens is 3. The van der Waals surface area contributed by atoms with Crippen molar-refractivity contribution < 1.29 is 14.6 Å². The number of carbonyl (C=O) groups is 1. The zero-order chi connectivity index (χ0) is 13.0. The van der Waals surface area contributed by atoms with Gasteiger partial charge in [-0.15, -0.1) is 5.10 Å². The highest BCUT2D eigenvalue weighted by Gasteiger charge is 2.16. The lowest BCUT2D eigenvalue weighted by molar-refractivity contribution is -0.123. The van der Waals surface area contributed by atoms with Gasteiger partial charge in [-0.2, -0.15) is 0 Å². The SMILES string of the molecule is CC(O)c1cn(CC(=O)NC2CCOCC2)nn1. The Hall–Kier alpha value is -1.47. The molecule has 0 aromatic carbocycles. The van der Waals surface area contributed by atoms with Gasteiger partial charge in [-0.05, 0) is 19.8 Å². The maximum Gasteiger partial charge on any atom is 0.242 e. The Kier molecular flexibility index (Phi) is 4.27. The molecule has 100 valence electrons. The lowest BCUT2D eigenvalue weighted by atomic mass is 10.1. The Balaban J connectivity index is 1.82. The maximum absolute atomic E-state index is 11.8. The van der Waals surface area contributed by atoms with E-state index in [9.17, 15) is 9.90 Å². The second-order valence-electron chi connectivity index (χ2n) is 4.47. The number of ether oxygens (including phenoxy) is 1. The van der Waals surface area contributed by atoms with Gasteiger partial charge in [0.15, 0.2) is 0 Å². The van der Waals surface area contributed by atoms with Crippen molar-refractivity contribution in [2.75, 3.05) is 13.2 Å². The molecule has 1 atom stereocenters. The molecule has 2 N–H and O–H groups in total. The summed E-state index contributed by atoms with van der Waals surface area (Å²) in [6, 6.07) is 0.186. The number of aliphatic hydroxyl groups is 1. The van der Waals surface area contributed by atoms with E-state index in [-0.39, 0.29) is 18.5 Å². The molecule has 0 bridgehead atoms. The summed E-state index contributed by atoms with van der Waals surface area (Å²) in [4.78, 5) is 11.8. The van der Waals surface area contributed by atoms with Gasteiger partial charge in [0.1, 0.15) is 12.2 Å². The zero-order valence-electron chi connectivity index (χ0n) is 10.4. The predicted molar refractivity (Wildman–Crippen MR) is 62.6 cm³/mol. The molecule has 2 rings (SSSR count). The number of nitrogens with one attached hydrogen (secondary N) is 1. The first-order valence-corrected chi connectivity index (χ1v) is 6.10. The van der Waals surface area contributed by atoms with Crippen molar-refractivity contribution >= 4 is 5.91 Å². The molecule has 7 heteroatoms. The number of aliphatic hydroxyl groups excluding tert-OH is 1. The molecule has 0 spiro atoms. The largest absolute Gasteiger partial charge is 0.387 e. The zero-order valence-corrected chi connectivity index (χ0v) is 10.4. The fourth-order valence-corrected chi connectivity index (χ4v) is 1.84. The van der Waals surface area contributed by atoms with Crippen LogP contribution in [0.5, 0.6) is 0 Å². The quantitative estimate of drug-likeness (QED) is 0.765. The van der Waals surface area contributed by atoms with Crippen LogP contribution >= 0.6 is 0 Å². The van der Waals surface area contributed by atoms with Crippen LogP contribution in [0, 0.1) is 0 Å². The van der Waals surface area contributed by atoms with Gasteiger partial charge in [-0.3, -0.25) is 4.79 Å². The van der Waals surface area contributed by atoms with Crippen molar-refractivity contribution in [3.8, 4) is 0 Å². The molecule has 1 aromatic heterocycles. The third-order valence-electron chi connectivity index (χ3n) is 2.88. The molecule has 1 aliphatic heterocycles. The van der Waals surface area contributed by atoms with Crippen molar-refractivity contribution in [1.82, 2.24) is 20.3 Å². The van der Waals surface area contributed by atoms with Crippen molar-refractivity contribution in [2.24, 2.45) is 0 Å². The van der Waals surface area contributed by atoms with Crippen LogP contribution in [-0.2, 0) is 16.1 Å². The van der Waals surface area contributed by atoms with Crippen LogP contribution in [0.25, 0.3) is 0 Å². The summed E-state index contributed by atoms with van der Waals surface area (Å²) < 4.78 is 6.65. The minimum atomic E-state index is -0.669. The lowest BCUT2D eigenvalue weighted by Crippen LogP contribution is -2.40. The summed E-state index contributed by atoms with van der Waals surface area (Å²) in [5, 5.41) is 19.8. The lowest BCUT2D eigenvalue weighted by Gasteiger charge is -2.22. The molecule has 2 heterocycles. The average molecular weight is 254 g/mol. The fraction of sp³-hybridized carbons (Fsp3) is 0.727. The molecular formula is C11H18N4O3. The fourth-order valence-electron chi connectivity index (χ4n) is 1.84. The van der Waals surface area contributed by atoms with Gasteiger partial charge in [-0.25, -0.2) is 4.68 Å². The van der Waals surface area contributed by atoms with Crippen molar-refractivity contribution in [1.29, 1.82) is 0 Å². The topological polar surface area (TPSA) is 89.3 Å². The van der Waals surface area contributed by atoms with E-state index in [1.165, 1.54) is 4.68 Å². The number of rotatable bonds is 4. The van der Waals surface area contributed by atoms with Crippen molar-refractivity contribution in [3.63, 3.8) is 0 Å². The molecule has 1 unspecified atom stereocenters. The van der Waals surface area contributed by atoms with Crippen LogP contribution in [0.3, 0.4) is 0 Å². The van der Waals surface area contributed by atoms with Crippen molar-refractivity contribution in [2.45, 2.75) is 38.5 Å². The van der Waals surface area contributed by atoms with E-state index >= 15 is 0 Å². The molecule has 0 saturated carbocycles. The van der Waals surface area contributed by atoms with E-state index in [0.717, 1.165) is 12.8 Å². The standard InChI is InChI=1S/C11H18N4O3/c1-8(16)10-6-15(14-13-10)7-11(17)12-9-2-4-18-5-3-9/h6,8-9,16H,2-5,7H2,1H3,(H,12,17). The molecule has 7 nitrogen and oxygen atoms in total. The molecule has 1 fully saturated rings. The van der Waals surface area contributed by atoms with Gasteiger partial charge in [-0.1, -0.05) is 5.21 Å². The van der Waals surface area contributed by atoms with E-state index in [0.29, 0.717) is 18.9 Å². The molecule has 1 amide bonds. The minimum absolute atomic E-state index is 0.0936. The van der Waals surface area contributed by atoms with Gasteiger partial charge in [0.25, 0.3) is 0 Å². The maximum atomic E-state index is 11.8. The molecule has 18 heavy (non-hydrogen) atoms. The van der Waals surface area contributed by atoms with E-state index < -0.39 is 6.10 Å². The van der Waals surface area contributed by atoms with Gasteiger partial charge < -0.3 is 15.2 Å². The minimum Gasteiger partial charge on any atom is -0.387 e. The van der Waals surface area contributed by atoms with Crippen LogP contribution in [0.2, 0.25) is 0 Å². The molecule has 1 aliphatic rings.